The van der Waals surface area contributed by atoms with Crippen molar-refractivity contribution in [2.45, 2.75) is 31.2 Å². The molecular formula is C16H15BrN2O4. The van der Waals surface area contributed by atoms with Crippen LogP contribution in [-0.4, -0.2) is 22.1 Å². The van der Waals surface area contributed by atoms with E-state index in [-0.39, 0.29) is 12.2 Å². The second kappa shape index (κ2) is 6.54. The summed E-state index contributed by atoms with van der Waals surface area (Å²) in [4.78, 5) is 23.4. The van der Waals surface area contributed by atoms with E-state index in [4.69, 9.17) is 9.63 Å². The number of hydrogen-bond acceptors (Lipinski definition) is 4. The first-order valence-corrected chi connectivity index (χ1v) is 8.07. The number of halogens is 1. The lowest BCUT2D eigenvalue weighted by molar-refractivity contribution is -0.137. The van der Waals surface area contributed by atoms with E-state index < -0.39 is 17.9 Å². The van der Waals surface area contributed by atoms with Crippen molar-refractivity contribution in [2.75, 3.05) is 0 Å². The first-order chi connectivity index (χ1) is 11.0. The monoisotopic (exact) mass is 378 g/mol. The molecule has 1 aromatic carbocycles. The van der Waals surface area contributed by atoms with E-state index in [0.29, 0.717) is 11.5 Å². The maximum Gasteiger partial charge on any atom is 0.305 e. The van der Waals surface area contributed by atoms with E-state index in [9.17, 15) is 9.59 Å². The summed E-state index contributed by atoms with van der Waals surface area (Å²) in [5.41, 5.74) is 1.50. The summed E-state index contributed by atoms with van der Waals surface area (Å²) in [5.74, 6) is -0.950. The fourth-order valence-electron chi connectivity index (χ4n) is 2.32. The topological polar surface area (TPSA) is 92.4 Å². The molecule has 2 aromatic rings. The second-order valence-corrected chi connectivity index (χ2v) is 6.48. The number of nitrogens with one attached hydrogen (secondary N) is 1. The van der Waals surface area contributed by atoms with Crippen LogP contribution in [0.3, 0.4) is 0 Å². The molecule has 1 amide bonds. The lowest BCUT2D eigenvalue weighted by Gasteiger charge is -2.16. The van der Waals surface area contributed by atoms with Crippen LogP contribution in [0.2, 0.25) is 0 Å². The zero-order valence-electron chi connectivity index (χ0n) is 12.2. The Labute approximate surface area is 141 Å². The van der Waals surface area contributed by atoms with Crippen LogP contribution in [-0.2, 0) is 4.79 Å². The quantitative estimate of drug-likeness (QED) is 0.804. The number of rotatable bonds is 6. The second-order valence-electron chi connectivity index (χ2n) is 5.57. The SMILES string of the molecule is O=C(O)CC(NC(=O)c1cc(C2CC2)no1)c1ccc(Br)cc1. The molecule has 23 heavy (non-hydrogen) atoms. The summed E-state index contributed by atoms with van der Waals surface area (Å²) in [6.45, 7) is 0. The van der Waals surface area contributed by atoms with Crippen LogP contribution >= 0.6 is 15.9 Å². The van der Waals surface area contributed by atoms with E-state index in [2.05, 4.69) is 26.4 Å². The van der Waals surface area contributed by atoms with Crippen molar-refractivity contribution in [3.8, 4) is 0 Å². The molecule has 0 bridgehead atoms. The molecule has 0 radical (unpaired) electrons. The van der Waals surface area contributed by atoms with Gasteiger partial charge in [0.1, 0.15) is 0 Å². The number of amides is 1. The van der Waals surface area contributed by atoms with Gasteiger partial charge in [0.05, 0.1) is 18.2 Å². The van der Waals surface area contributed by atoms with Crippen molar-refractivity contribution in [3.63, 3.8) is 0 Å². The molecule has 6 nitrogen and oxygen atoms in total. The van der Waals surface area contributed by atoms with E-state index in [1.54, 1.807) is 30.3 Å². The Balaban J connectivity index is 1.74. The van der Waals surface area contributed by atoms with Crippen molar-refractivity contribution in [2.24, 2.45) is 0 Å². The van der Waals surface area contributed by atoms with Crippen molar-refractivity contribution in [3.05, 3.63) is 51.8 Å². The third-order valence-electron chi connectivity index (χ3n) is 3.70. The van der Waals surface area contributed by atoms with Crippen molar-refractivity contribution in [1.29, 1.82) is 0 Å². The summed E-state index contributed by atoms with van der Waals surface area (Å²) in [6.07, 6.45) is 1.92. The Morgan fingerprint density at radius 1 is 1.35 bits per heavy atom. The predicted octanol–water partition coefficient (Wildman–Crippen LogP) is 3.26. The first kappa shape index (κ1) is 15.7. The maximum atomic E-state index is 12.3. The Kier molecular flexibility index (Phi) is 4.47. The van der Waals surface area contributed by atoms with Crippen LogP contribution in [0.4, 0.5) is 0 Å². The Bertz CT molecular complexity index is 722. The zero-order chi connectivity index (χ0) is 16.4. The molecule has 120 valence electrons. The van der Waals surface area contributed by atoms with Gasteiger partial charge in [-0.1, -0.05) is 33.2 Å². The summed E-state index contributed by atoms with van der Waals surface area (Å²) in [5, 5.41) is 15.7. The van der Waals surface area contributed by atoms with Gasteiger partial charge in [0, 0.05) is 16.5 Å². The molecule has 0 saturated heterocycles. The number of nitrogens with zero attached hydrogens (tertiary/aromatic N) is 1. The fraction of sp³-hybridized carbons (Fsp3) is 0.312. The highest BCUT2D eigenvalue weighted by Crippen LogP contribution is 2.39. The molecule has 0 aliphatic heterocycles. The van der Waals surface area contributed by atoms with Gasteiger partial charge in [-0.3, -0.25) is 9.59 Å². The van der Waals surface area contributed by atoms with Gasteiger partial charge >= 0.3 is 5.97 Å². The van der Waals surface area contributed by atoms with Crippen molar-refractivity contribution >= 4 is 27.8 Å². The van der Waals surface area contributed by atoms with Gasteiger partial charge in [-0.25, -0.2) is 0 Å². The average Bonchev–Trinajstić information content (AvgIpc) is 3.24. The summed E-state index contributed by atoms with van der Waals surface area (Å²) < 4.78 is 5.95. The number of carbonyl (C=O) groups excluding carboxylic acids is 1. The van der Waals surface area contributed by atoms with Gasteiger partial charge in [-0.2, -0.15) is 0 Å². The zero-order valence-corrected chi connectivity index (χ0v) is 13.7. The Hall–Kier alpha value is -2.15. The number of aliphatic carboxylic acids is 1. The summed E-state index contributed by atoms with van der Waals surface area (Å²) in [6, 6.07) is 8.14. The lowest BCUT2D eigenvalue weighted by Crippen LogP contribution is -2.30. The number of hydrogen-bond donors (Lipinski definition) is 2. The van der Waals surface area contributed by atoms with Crippen LogP contribution in [0.5, 0.6) is 0 Å². The van der Waals surface area contributed by atoms with Crippen LogP contribution in [0.1, 0.15) is 53.0 Å². The molecule has 3 rings (SSSR count). The maximum absolute atomic E-state index is 12.3. The number of carboxylic acids is 1. The molecule has 1 heterocycles. The highest BCUT2D eigenvalue weighted by molar-refractivity contribution is 9.10. The Morgan fingerprint density at radius 3 is 2.65 bits per heavy atom. The van der Waals surface area contributed by atoms with Gasteiger partial charge < -0.3 is 14.9 Å². The van der Waals surface area contributed by atoms with Gasteiger partial charge in [-0.15, -0.1) is 0 Å². The van der Waals surface area contributed by atoms with Crippen LogP contribution in [0.25, 0.3) is 0 Å². The largest absolute Gasteiger partial charge is 0.481 e. The van der Waals surface area contributed by atoms with Crippen LogP contribution < -0.4 is 5.32 Å². The summed E-state index contributed by atoms with van der Waals surface area (Å²) in [7, 11) is 0. The normalized spacial score (nSPS) is 15.2. The number of benzene rings is 1. The Morgan fingerprint density at radius 2 is 2.04 bits per heavy atom. The average molecular weight is 379 g/mol. The minimum absolute atomic E-state index is 0.111. The molecule has 1 aromatic heterocycles. The molecule has 1 unspecified atom stereocenters. The molecule has 7 heteroatoms. The van der Waals surface area contributed by atoms with E-state index in [0.717, 1.165) is 23.0 Å². The minimum atomic E-state index is -0.991. The summed E-state index contributed by atoms with van der Waals surface area (Å²) >= 11 is 3.33. The molecule has 2 N–H and O–H groups in total. The van der Waals surface area contributed by atoms with E-state index in [1.165, 1.54) is 0 Å². The molecule has 1 aliphatic carbocycles. The van der Waals surface area contributed by atoms with Gasteiger partial charge in [0.15, 0.2) is 0 Å². The third kappa shape index (κ3) is 3.98. The van der Waals surface area contributed by atoms with Gasteiger partial charge in [0.2, 0.25) is 5.76 Å². The van der Waals surface area contributed by atoms with E-state index in [1.807, 2.05) is 0 Å². The van der Waals surface area contributed by atoms with Crippen molar-refractivity contribution < 1.29 is 19.2 Å². The molecule has 1 atom stereocenters. The van der Waals surface area contributed by atoms with Crippen LogP contribution in [0, 0.1) is 0 Å². The molecule has 1 saturated carbocycles. The predicted molar refractivity (Wildman–Crippen MR) is 85.1 cm³/mol. The number of carbonyl (C=O) groups is 2. The first-order valence-electron chi connectivity index (χ1n) is 7.27. The third-order valence-corrected chi connectivity index (χ3v) is 4.23. The highest BCUT2D eigenvalue weighted by atomic mass is 79.9. The number of carboxylic acid groups (broad SMARTS) is 1. The minimum Gasteiger partial charge on any atom is -0.481 e. The van der Waals surface area contributed by atoms with Crippen molar-refractivity contribution in [1.82, 2.24) is 10.5 Å². The highest BCUT2D eigenvalue weighted by Gasteiger charge is 2.29. The van der Waals surface area contributed by atoms with Gasteiger partial charge in [0.25, 0.3) is 5.91 Å². The fourth-order valence-corrected chi connectivity index (χ4v) is 2.58. The standard InChI is InChI=1S/C16H15BrN2O4/c17-11-5-3-9(4-6-11)12(8-15(20)21)18-16(22)14-7-13(19-23-14)10-1-2-10/h3-7,10,12H,1-2,8H2,(H,18,22)(H,20,21). The van der Waals surface area contributed by atoms with E-state index >= 15 is 0 Å². The lowest BCUT2D eigenvalue weighted by atomic mass is 10.0. The van der Waals surface area contributed by atoms with Crippen LogP contribution in [0.15, 0.2) is 39.3 Å². The smallest absolute Gasteiger partial charge is 0.305 e. The molecule has 1 aliphatic rings. The molecule has 1 fully saturated rings. The van der Waals surface area contributed by atoms with Gasteiger partial charge in [-0.05, 0) is 30.5 Å². The number of aromatic nitrogens is 1. The molecular weight excluding hydrogens is 364 g/mol. The molecule has 0 spiro atoms.